The second-order valence-corrected chi connectivity index (χ2v) is 4.40. The molecule has 1 aromatic heterocycles. The fourth-order valence-electron chi connectivity index (χ4n) is 1.55. The van der Waals surface area contributed by atoms with Gasteiger partial charge in [-0.1, -0.05) is 30.4 Å². The van der Waals surface area contributed by atoms with Crippen LogP contribution in [0, 0.1) is 0 Å². The van der Waals surface area contributed by atoms with Crippen molar-refractivity contribution in [3.8, 4) is 0 Å². The third-order valence-corrected chi connectivity index (χ3v) is 2.51. The lowest BCUT2D eigenvalue weighted by Gasteiger charge is -2.19. The first-order chi connectivity index (χ1) is 9.18. The van der Waals surface area contributed by atoms with Crippen LogP contribution in [0.4, 0.5) is 11.6 Å². The van der Waals surface area contributed by atoms with Crippen LogP contribution in [-0.4, -0.2) is 32.6 Å². The molecular weight excluding hydrogens is 262 g/mol. The average molecular weight is 275 g/mol. The summed E-state index contributed by atoms with van der Waals surface area (Å²) in [6.07, 6.45) is 1.36. The van der Waals surface area contributed by atoms with Gasteiger partial charge >= 0.3 is 0 Å². The third kappa shape index (κ3) is 3.35. The Balaban J connectivity index is 2.25. The predicted molar refractivity (Wildman–Crippen MR) is 76.2 cm³/mol. The highest BCUT2D eigenvalue weighted by Crippen LogP contribution is 2.20. The van der Waals surface area contributed by atoms with Crippen molar-refractivity contribution in [2.75, 3.05) is 11.4 Å². The molecule has 2 aromatic rings. The number of hydrogen-bond donors (Lipinski definition) is 2. The number of nitrogens with one attached hydrogen (secondary N) is 2. The normalized spacial score (nSPS) is 9.95. The van der Waals surface area contributed by atoms with Crippen LogP contribution in [0.1, 0.15) is 6.92 Å². The number of aromatic nitrogens is 3. The predicted octanol–water partition coefficient (Wildman–Crippen LogP) is 1.41. The van der Waals surface area contributed by atoms with Gasteiger partial charge in [-0.3, -0.25) is 4.79 Å². The molecule has 0 saturated heterocycles. The molecule has 0 atom stereocenters. The number of carbonyl (C=O) groups excluding carboxylic acids is 1. The Morgan fingerprint density at radius 3 is 2.74 bits per heavy atom. The van der Waals surface area contributed by atoms with Crippen molar-refractivity contribution < 1.29 is 4.79 Å². The average Bonchev–Trinajstić information content (AvgIpc) is 2.92. The maximum atomic E-state index is 12.3. The molecule has 0 aliphatic carbocycles. The smallest absolute Gasteiger partial charge is 0.253 e. The second kappa shape index (κ2) is 6.05. The number of H-pyrrole nitrogens is 1. The zero-order valence-corrected chi connectivity index (χ0v) is 11.1. The first-order valence-electron chi connectivity index (χ1n) is 5.66. The number of anilines is 2. The van der Waals surface area contributed by atoms with Crippen LogP contribution in [0.25, 0.3) is 0 Å². The summed E-state index contributed by atoms with van der Waals surface area (Å²) >= 11 is 4.90. The van der Waals surface area contributed by atoms with E-state index in [-0.39, 0.29) is 12.5 Å². The van der Waals surface area contributed by atoms with Crippen molar-refractivity contribution in [3.05, 3.63) is 36.7 Å². The highest BCUT2D eigenvalue weighted by molar-refractivity contribution is 7.80. The number of rotatable bonds is 4. The van der Waals surface area contributed by atoms with Crippen molar-refractivity contribution in [2.24, 2.45) is 0 Å². The number of benzene rings is 1. The van der Waals surface area contributed by atoms with Gasteiger partial charge in [0.25, 0.3) is 5.91 Å². The minimum Gasteiger partial charge on any atom is -0.371 e. The van der Waals surface area contributed by atoms with Crippen LogP contribution in [0.2, 0.25) is 0 Å². The summed E-state index contributed by atoms with van der Waals surface area (Å²) in [5.41, 5.74) is 0.716. The van der Waals surface area contributed by atoms with Crippen LogP contribution in [0.15, 0.2) is 36.7 Å². The lowest BCUT2D eigenvalue weighted by atomic mass is 10.3. The summed E-state index contributed by atoms with van der Waals surface area (Å²) < 4.78 is 0. The standard InChI is InChI=1S/C12H13N5OS/c1-9(19)13-7-11(18)17(12-14-8-15-16-12)10-5-3-2-4-6-10/h2-6,8H,7H2,1H3,(H,13,19)(H,14,15,16). The maximum absolute atomic E-state index is 12.3. The molecule has 1 amide bonds. The maximum Gasteiger partial charge on any atom is 0.253 e. The molecule has 0 radical (unpaired) electrons. The Kier molecular flexibility index (Phi) is 4.19. The summed E-state index contributed by atoms with van der Waals surface area (Å²) in [5.74, 6) is 0.201. The first kappa shape index (κ1) is 13.2. The van der Waals surface area contributed by atoms with E-state index in [0.717, 1.165) is 0 Å². The van der Waals surface area contributed by atoms with E-state index in [1.807, 2.05) is 30.3 Å². The van der Waals surface area contributed by atoms with E-state index in [2.05, 4.69) is 20.5 Å². The monoisotopic (exact) mass is 275 g/mol. The summed E-state index contributed by atoms with van der Waals surface area (Å²) in [6, 6.07) is 9.23. The molecule has 2 rings (SSSR count). The van der Waals surface area contributed by atoms with Crippen LogP contribution in [-0.2, 0) is 4.79 Å². The number of carbonyl (C=O) groups is 1. The molecule has 1 aromatic carbocycles. The summed E-state index contributed by atoms with van der Waals surface area (Å²) in [6.45, 7) is 1.83. The Hall–Kier alpha value is -2.28. The molecule has 7 heteroatoms. The number of para-hydroxylation sites is 1. The molecule has 0 spiro atoms. The molecule has 2 N–H and O–H groups in total. The highest BCUT2D eigenvalue weighted by Gasteiger charge is 2.19. The Labute approximate surface area is 115 Å². The van der Waals surface area contributed by atoms with Crippen LogP contribution >= 0.6 is 12.2 Å². The van der Waals surface area contributed by atoms with Gasteiger partial charge in [0.1, 0.15) is 6.33 Å². The van der Waals surface area contributed by atoms with Gasteiger partial charge in [0.2, 0.25) is 5.95 Å². The molecule has 0 saturated carbocycles. The van der Waals surface area contributed by atoms with Gasteiger partial charge < -0.3 is 5.32 Å². The van der Waals surface area contributed by atoms with Gasteiger partial charge in [-0.05, 0) is 19.1 Å². The third-order valence-electron chi connectivity index (χ3n) is 2.37. The number of aromatic amines is 1. The van der Waals surface area contributed by atoms with E-state index >= 15 is 0 Å². The van der Waals surface area contributed by atoms with Gasteiger partial charge in [-0.2, -0.15) is 10.1 Å². The van der Waals surface area contributed by atoms with E-state index in [1.54, 1.807) is 6.92 Å². The van der Waals surface area contributed by atoms with Gasteiger partial charge in [-0.25, -0.2) is 10.00 Å². The minimum atomic E-state index is -0.174. The summed E-state index contributed by atoms with van der Waals surface area (Å²) in [5, 5.41) is 9.29. The summed E-state index contributed by atoms with van der Waals surface area (Å²) in [4.78, 5) is 18.3. The number of hydrogen-bond acceptors (Lipinski definition) is 4. The van der Waals surface area contributed by atoms with E-state index < -0.39 is 0 Å². The molecule has 6 nitrogen and oxygen atoms in total. The SMILES string of the molecule is CC(=S)NCC(=O)N(c1ccccc1)c1ncn[nH]1. The molecule has 19 heavy (non-hydrogen) atoms. The molecular formula is C12H13N5OS. The molecule has 0 aliphatic rings. The highest BCUT2D eigenvalue weighted by atomic mass is 32.1. The number of thiocarbonyl (C=S) groups is 1. The van der Waals surface area contributed by atoms with Gasteiger partial charge in [0.05, 0.1) is 17.2 Å². The van der Waals surface area contributed by atoms with E-state index in [1.165, 1.54) is 11.2 Å². The lowest BCUT2D eigenvalue weighted by molar-refractivity contribution is -0.116. The van der Waals surface area contributed by atoms with Crippen molar-refractivity contribution in [3.63, 3.8) is 0 Å². The Bertz CT molecular complexity index is 555. The van der Waals surface area contributed by atoms with Crippen molar-refractivity contribution in [1.29, 1.82) is 0 Å². The van der Waals surface area contributed by atoms with Crippen molar-refractivity contribution in [1.82, 2.24) is 20.5 Å². The van der Waals surface area contributed by atoms with Crippen LogP contribution in [0.5, 0.6) is 0 Å². The van der Waals surface area contributed by atoms with Gasteiger partial charge in [0.15, 0.2) is 0 Å². The molecule has 1 heterocycles. The molecule has 0 unspecified atom stereocenters. The first-order valence-corrected chi connectivity index (χ1v) is 6.07. The van der Waals surface area contributed by atoms with E-state index in [9.17, 15) is 4.79 Å². The zero-order valence-electron chi connectivity index (χ0n) is 10.3. The Morgan fingerprint density at radius 1 is 1.42 bits per heavy atom. The Morgan fingerprint density at radius 2 is 2.16 bits per heavy atom. The fourth-order valence-corrected chi connectivity index (χ4v) is 1.62. The largest absolute Gasteiger partial charge is 0.371 e. The molecule has 98 valence electrons. The van der Waals surface area contributed by atoms with Crippen LogP contribution in [0.3, 0.4) is 0 Å². The van der Waals surface area contributed by atoms with E-state index in [4.69, 9.17) is 12.2 Å². The topological polar surface area (TPSA) is 73.9 Å². The van der Waals surface area contributed by atoms with Gasteiger partial charge in [-0.15, -0.1) is 0 Å². The zero-order chi connectivity index (χ0) is 13.7. The minimum absolute atomic E-state index is 0.102. The fraction of sp³-hybridized carbons (Fsp3) is 0.167. The van der Waals surface area contributed by atoms with Crippen LogP contribution < -0.4 is 10.2 Å². The number of amides is 1. The van der Waals surface area contributed by atoms with Crippen molar-refractivity contribution >= 4 is 34.7 Å². The molecule has 0 fully saturated rings. The van der Waals surface area contributed by atoms with Gasteiger partial charge in [0, 0.05) is 0 Å². The van der Waals surface area contributed by atoms with Crippen molar-refractivity contribution in [2.45, 2.75) is 6.92 Å². The quantitative estimate of drug-likeness (QED) is 0.825. The molecule has 0 aliphatic heterocycles. The lowest BCUT2D eigenvalue weighted by Crippen LogP contribution is -2.37. The molecule has 0 bridgehead atoms. The second-order valence-electron chi connectivity index (χ2n) is 3.78. The van der Waals surface area contributed by atoms with E-state index in [0.29, 0.717) is 16.6 Å². The number of nitrogens with zero attached hydrogens (tertiary/aromatic N) is 3. The summed E-state index contributed by atoms with van der Waals surface area (Å²) in [7, 11) is 0.